The van der Waals surface area contributed by atoms with Crippen molar-refractivity contribution in [1.82, 2.24) is 20.4 Å². The van der Waals surface area contributed by atoms with Crippen LogP contribution in [0.15, 0.2) is 60.9 Å². The number of hydrogen-bond acceptors (Lipinski definition) is 4. The SMILES string of the molecule is NC(Cc1ccc(-c2cnn(-c3ccccc3)c2)cc1F)NC(=O)[C@H]1N[C@@H]2CC[C@H]1C2. The van der Waals surface area contributed by atoms with Crippen molar-refractivity contribution in [2.45, 2.75) is 43.9 Å². The van der Waals surface area contributed by atoms with Gasteiger partial charge in [-0.3, -0.25) is 4.79 Å². The van der Waals surface area contributed by atoms with Crippen molar-refractivity contribution < 1.29 is 9.18 Å². The van der Waals surface area contributed by atoms with Gasteiger partial charge in [-0.1, -0.05) is 30.3 Å². The van der Waals surface area contributed by atoms with Gasteiger partial charge in [0.2, 0.25) is 5.91 Å². The van der Waals surface area contributed by atoms with Crippen LogP contribution in [0.2, 0.25) is 0 Å². The number of nitrogens with zero attached hydrogens (tertiary/aromatic N) is 2. The summed E-state index contributed by atoms with van der Waals surface area (Å²) < 4.78 is 16.5. The van der Waals surface area contributed by atoms with Crippen LogP contribution in [0.5, 0.6) is 0 Å². The monoisotopic (exact) mass is 419 g/mol. The second-order valence-corrected chi connectivity index (χ2v) is 8.55. The number of fused-ring (bicyclic) bond motifs is 2. The quantitative estimate of drug-likeness (QED) is 0.537. The van der Waals surface area contributed by atoms with Crippen molar-refractivity contribution >= 4 is 5.91 Å². The number of piperidine rings is 1. The van der Waals surface area contributed by atoms with Crippen LogP contribution < -0.4 is 16.4 Å². The molecule has 1 saturated carbocycles. The lowest BCUT2D eigenvalue weighted by molar-refractivity contribution is -0.124. The molecule has 2 aliphatic rings. The van der Waals surface area contributed by atoms with E-state index < -0.39 is 6.17 Å². The number of benzene rings is 2. The molecule has 1 amide bonds. The molecule has 5 rings (SSSR count). The van der Waals surface area contributed by atoms with E-state index in [-0.39, 0.29) is 24.2 Å². The highest BCUT2D eigenvalue weighted by Gasteiger charge is 2.42. The number of nitrogens with one attached hydrogen (secondary N) is 2. The van der Waals surface area contributed by atoms with Crippen molar-refractivity contribution in [1.29, 1.82) is 0 Å². The second kappa shape index (κ2) is 8.24. The summed E-state index contributed by atoms with van der Waals surface area (Å²) in [6.45, 7) is 0. The molecule has 2 fully saturated rings. The Labute approximate surface area is 180 Å². The molecule has 1 aliphatic carbocycles. The predicted octanol–water partition coefficient (Wildman–Crippen LogP) is 2.76. The van der Waals surface area contributed by atoms with E-state index in [9.17, 15) is 9.18 Å². The summed E-state index contributed by atoms with van der Waals surface area (Å²) in [6.07, 6.45) is 6.49. The zero-order valence-electron chi connectivity index (χ0n) is 17.2. The maximum atomic E-state index is 14.8. The molecule has 31 heavy (non-hydrogen) atoms. The number of rotatable bonds is 6. The molecule has 2 heterocycles. The van der Waals surface area contributed by atoms with Crippen LogP contribution in [0.25, 0.3) is 16.8 Å². The minimum Gasteiger partial charge on any atom is -0.339 e. The summed E-state index contributed by atoms with van der Waals surface area (Å²) in [4.78, 5) is 12.5. The number of carbonyl (C=O) groups excluding carboxylic acids is 1. The van der Waals surface area contributed by atoms with Gasteiger partial charge in [-0.2, -0.15) is 5.10 Å². The van der Waals surface area contributed by atoms with E-state index in [1.54, 1.807) is 16.9 Å². The highest BCUT2D eigenvalue weighted by atomic mass is 19.1. The van der Waals surface area contributed by atoms with E-state index in [1.165, 1.54) is 6.07 Å². The Hall–Kier alpha value is -3.03. The Kier molecular flexibility index (Phi) is 5.29. The normalized spacial score (nSPS) is 23.1. The van der Waals surface area contributed by atoms with Crippen molar-refractivity contribution in [2.75, 3.05) is 0 Å². The second-order valence-electron chi connectivity index (χ2n) is 8.55. The van der Waals surface area contributed by atoms with Crippen molar-refractivity contribution in [3.8, 4) is 16.8 Å². The molecule has 1 aromatic heterocycles. The summed E-state index contributed by atoms with van der Waals surface area (Å²) in [5.41, 5.74) is 9.11. The van der Waals surface area contributed by atoms with Gasteiger partial charge in [0, 0.05) is 24.2 Å². The van der Waals surface area contributed by atoms with Gasteiger partial charge >= 0.3 is 0 Å². The third-order valence-corrected chi connectivity index (χ3v) is 6.40. The first-order valence-corrected chi connectivity index (χ1v) is 10.8. The van der Waals surface area contributed by atoms with Gasteiger partial charge in [0.05, 0.1) is 24.1 Å². The van der Waals surface area contributed by atoms with Gasteiger partial charge < -0.3 is 16.4 Å². The first kappa shape index (κ1) is 19.9. The largest absolute Gasteiger partial charge is 0.339 e. The Morgan fingerprint density at radius 3 is 2.77 bits per heavy atom. The van der Waals surface area contributed by atoms with E-state index in [0.717, 1.165) is 36.1 Å². The fourth-order valence-electron chi connectivity index (χ4n) is 4.80. The molecule has 1 unspecified atom stereocenters. The standard InChI is InChI=1S/C24H26FN5O/c25-21-11-15(18-13-27-30(14-18)20-4-2-1-3-5-20)6-7-16(21)12-22(26)29-24(31)23-17-8-9-19(10-17)28-23/h1-7,11,13-14,17,19,22-23,28H,8-10,12,26H2,(H,29,31)/t17-,19+,22?,23-/m0/s1. The van der Waals surface area contributed by atoms with E-state index in [4.69, 9.17) is 5.73 Å². The minimum absolute atomic E-state index is 0.0787. The molecule has 4 atom stereocenters. The molecular weight excluding hydrogens is 393 g/mol. The van der Waals surface area contributed by atoms with Gasteiger partial charge in [-0.25, -0.2) is 9.07 Å². The molecule has 2 bridgehead atoms. The van der Waals surface area contributed by atoms with Gasteiger partial charge in [0.1, 0.15) is 5.82 Å². The summed E-state index contributed by atoms with van der Waals surface area (Å²) >= 11 is 0. The molecule has 1 aliphatic heterocycles. The molecule has 1 saturated heterocycles. The third kappa shape index (κ3) is 4.11. The first-order chi connectivity index (χ1) is 15.1. The molecule has 7 heteroatoms. The lowest BCUT2D eigenvalue weighted by atomic mass is 9.99. The highest BCUT2D eigenvalue weighted by Crippen LogP contribution is 2.35. The summed E-state index contributed by atoms with van der Waals surface area (Å²) in [5, 5.41) is 10.6. The fourth-order valence-corrected chi connectivity index (χ4v) is 4.80. The summed E-state index contributed by atoms with van der Waals surface area (Å²) in [7, 11) is 0. The molecule has 6 nitrogen and oxygen atoms in total. The minimum atomic E-state index is -0.630. The van der Waals surface area contributed by atoms with Crippen LogP contribution in [0.1, 0.15) is 24.8 Å². The molecule has 0 radical (unpaired) electrons. The van der Waals surface area contributed by atoms with Gasteiger partial charge in [-0.05, 0) is 54.5 Å². The number of hydrogen-bond donors (Lipinski definition) is 3. The zero-order chi connectivity index (χ0) is 21.4. The molecular formula is C24H26FN5O. The van der Waals surface area contributed by atoms with E-state index in [0.29, 0.717) is 17.5 Å². The number of carbonyl (C=O) groups is 1. The zero-order valence-corrected chi connectivity index (χ0v) is 17.2. The lowest BCUT2D eigenvalue weighted by Crippen LogP contribution is -2.53. The van der Waals surface area contributed by atoms with E-state index >= 15 is 0 Å². The number of para-hydroxylation sites is 1. The Balaban J connectivity index is 1.23. The lowest BCUT2D eigenvalue weighted by Gasteiger charge is -2.24. The maximum Gasteiger partial charge on any atom is 0.238 e. The molecule has 0 spiro atoms. The van der Waals surface area contributed by atoms with Crippen LogP contribution in [0.3, 0.4) is 0 Å². The van der Waals surface area contributed by atoms with Gasteiger partial charge in [-0.15, -0.1) is 0 Å². The topological polar surface area (TPSA) is 85.0 Å². The predicted molar refractivity (Wildman–Crippen MR) is 117 cm³/mol. The summed E-state index contributed by atoms with van der Waals surface area (Å²) in [6, 6.07) is 15.1. The average Bonchev–Trinajstić information content (AvgIpc) is 3.53. The highest BCUT2D eigenvalue weighted by molar-refractivity contribution is 5.83. The first-order valence-electron chi connectivity index (χ1n) is 10.8. The van der Waals surface area contributed by atoms with E-state index in [1.807, 2.05) is 42.6 Å². The average molecular weight is 420 g/mol. The smallest absolute Gasteiger partial charge is 0.238 e. The van der Waals surface area contributed by atoms with Crippen molar-refractivity contribution in [3.05, 3.63) is 72.3 Å². The molecule has 2 aromatic carbocycles. The Morgan fingerprint density at radius 2 is 2.06 bits per heavy atom. The van der Waals surface area contributed by atoms with Crippen LogP contribution >= 0.6 is 0 Å². The number of amides is 1. The van der Waals surface area contributed by atoms with Crippen LogP contribution in [0.4, 0.5) is 4.39 Å². The third-order valence-electron chi connectivity index (χ3n) is 6.40. The van der Waals surface area contributed by atoms with Crippen LogP contribution in [-0.2, 0) is 11.2 Å². The van der Waals surface area contributed by atoms with Crippen LogP contribution in [-0.4, -0.2) is 33.9 Å². The van der Waals surface area contributed by atoms with Gasteiger partial charge in [0.25, 0.3) is 0 Å². The molecule has 3 aromatic rings. The molecule has 160 valence electrons. The molecule has 4 N–H and O–H groups in total. The maximum absolute atomic E-state index is 14.8. The van der Waals surface area contributed by atoms with Gasteiger partial charge in [0.15, 0.2) is 0 Å². The summed E-state index contributed by atoms with van der Waals surface area (Å²) in [5.74, 6) is -0.0252. The van der Waals surface area contributed by atoms with Crippen LogP contribution in [0, 0.1) is 11.7 Å². The Morgan fingerprint density at radius 1 is 1.23 bits per heavy atom. The number of halogens is 1. The van der Waals surface area contributed by atoms with Crippen molar-refractivity contribution in [2.24, 2.45) is 11.7 Å². The van der Waals surface area contributed by atoms with Crippen molar-refractivity contribution in [3.63, 3.8) is 0 Å². The fraction of sp³-hybridized carbons (Fsp3) is 0.333. The number of aromatic nitrogens is 2. The number of nitrogens with two attached hydrogens (primary N) is 1. The van der Waals surface area contributed by atoms with E-state index in [2.05, 4.69) is 15.7 Å². The Bertz CT molecular complexity index is 1080.